The zero-order valence-corrected chi connectivity index (χ0v) is 14.3. The van der Waals surface area contributed by atoms with E-state index in [2.05, 4.69) is 15.0 Å². The molecular weight excluding hydrogens is 374 g/mol. The summed E-state index contributed by atoms with van der Waals surface area (Å²) in [5.41, 5.74) is 0.929. The van der Waals surface area contributed by atoms with Gasteiger partial charge in [0, 0.05) is 10.6 Å². The minimum Gasteiger partial charge on any atom is -0.493 e. The summed E-state index contributed by atoms with van der Waals surface area (Å²) in [7, 11) is 1.30. The van der Waals surface area contributed by atoms with Crippen molar-refractivity contribution in [1.82, 2.24) is 4.98 Å². The van der Waals surface area contributed by atoms with E-state index in [1.165, 1.54) is 36.6 Å². The number of halogens is 3. The van der Waals surface area contributed by atoms with E-state index in [1.807, 2.05) is 0 Å². The van der Waals surface area contributed by atoms with Crippen molar-refractivity contribution < 1.29 is 23.0 Å². The molecule has 0 unspecified atom stereocenters. The van der Waals surface area contributed by atoms with E-state index in [0.717, 1.165) is 4.70 Å². The molecule has 1 N–H and O–H groups in total. The smallest absolute Gasteiger partial charge is 0.387 e. The number of carbonyl (C=O) groups excluding carboxylic acids is 1. The van der Waals surface area contributed by atoms with Gasteiger partial charge in [-0.2, -0.15) is 8.78 Å². The number of hydrogen-bond donors (Lipinski definition) is 1. The summed E-state index contributed by atoms with van der Waals surface area (Å²) in [6.45, 7) is -2.98. The van der Waals surface area contributed by atoms with Crippen molar-refractivity contribution in [1.29, 1.82) is 0 Å². The Balaban J connectivity index is 1.82. The first-order chi connectivity index (χ1) is 12.0. The van der Waals surface area contributed by atoms with Gasteiger partial charge in [0.1, 0.15) is 0 Å². The first-order valence-corrected chi connectivity index (χ1v) is 8.16. The normalized spacial score (nSPS) is 10.9. The van der Waals surface area contributed by atoms with Crippen LogP contribution in [0, 0.1) is 0 Å². The quantitative estimate of drug-likeness (QED) is 0.685. The van der Waals surface area contributed by atoms with Crippen LogP contribution in [0.4, 0.5) is 13.9 Å². The zero-order chi connectivity index (χ0) is 18.0. The Morgan fingerprint density at radius 2 is 2.04 bits per heavy atom. The Bertz CT molecular complexity index is 933. The number of fused-ring (bicyclic) bond motifs is 1. The van der Waals surface area contributed by atoms with Crippen molar-refractivity contribution in [2.75, 3.05) is 12.4 Å². The average Bonchev–Trinajstić information content (AvgIpc) is 2.95. The SMILES string of the molecule is COc1cc(C(=O)Nc2nc3ccc(Cl)cc3s2)ccc1OC(F)F. The third-order valence-corrected chi connectivity index (χ3v) is 4.38. The van der Waals surface area contributed by atoms with E-state index in [-0.39, 0.29) is 17.1 Å². The molecule has 1 heterocycles. The fourth-order valence-electron chi connectivity index (χ4n) is 2.12. The molecule has 0 saturated carbocycles. The fraction of sp³-hybridized carbons (Fsp3) is 0.125. The van der Waals surface area contributed by atoms with Crippen LogP contribution < -0.4 is 14.8 Å². The highest BCUT2D eigenvalue weighted by Crippen LogP contribution is 2.31. The second-order valence-electron chi connectivity index (χ2n) is 4.83. The Morgan fingerprint density at radius 1 is 1.24 bits per heavy atom. The number of methoxy groups -OCH3 is 1. The average molecular weight is 385 g/mol. The third kappa shape index (κ3) is 3.97. The van der Waals surface area contributed by atoms with Gasteiger partial charge in [-0.1, -0.05) is 22.9 Å². The number of alkyl halides is 2. The number of nitrogens with one attached hydrogen (secondary N) is 1. The molecule has 0 atom stereocenters. The van der Waals surface area contributed by atoms with E-state index >= 15 is 0 Å². The monoisotopic (exact) mass is 384 g/mol. The molecule has 0 bridgehead atoms. The number of amides is 1. The molecule has 2 aromatic carbocycles. The van der Waals surface area contributed by atoms with E-state index in [4.69, 9.17) is 16.3 Å². The molecule has 5 nitrogen and oxygen atoms in total. The molecule has 9 heteroatoms. The molecule has 0 radical (unpaired) electrons. The van der Waals surface area contributed by atoms with Gasteiger partial charge in [-0.3, -0.25) is 10.1 Å². The number of nitrogens with zero attached hydrogens (tertiary/aromatic N) is 1. The van der Waals surface area contributed by atoms with Crippen LogP contribution in [0.1, 0.15) is 10.4 Å². The molecule has 3 aromatic rings. The van der Waals surface area contributed by atoms with Crippen LogP contribution in [0.2, 0.25) is 5.02 Å². The first-order valence-electron chi connectivity index (χ1n) is 6.96. The molecule has 0 aliphatic heterocycles. The predicted octanol–water partition coefficient (Wildman–Crippen LogP) is 4.81. The van der Waals surface area contributed by atoms with Crippen LogP contribution in [0.5, 0.6) is 11.5 Å². The third-order valence-electron chi connectivity index (χ3n) is 3.21. The number of aromatic nitrogens is 1. The van der Waals surface area contributed by atoms with E-state index in [0.29, 0.717) is 15.7 Å². The summed E-state index contributed by atoms with van der Waals surface area (Å²) in [4.78, 5) is 16.6. The number of benzene rings is 2. The lowest BCUT2D eigenvalue weighted by Gasteiger charge is -2.11. The van der Waals surface area contributed by atoms with Gasteiger partial charge in [0.05, 0.1) is 17.3 Å². The minimum atomic E-state index is -2.98. The number of carbonyl (C=O) groups is 1. The highest BCUT2D eigenvalue weighted by atomic mass is 35.5. The van der Waals surface area contributed by atoms with Crippen LogP contribution in [-0.4, -0.2) is 24.6 Å². The van der Waals surface area contributed by atoms with Crippen molar-refractivity contribution in [2.24, 2.45) is 0 Å². The number of hydrogen-bond acceptors (Lipinski definition) is 5. The molecular formula is C16H11ClF2N2O3S. The summed E-state index contributed by atoms with van der Waals surface area (Å²) in [6, 6.07) is 9.14. The molecule has 3 rings (SSSR count). The summed E-state index contributed by atoms with van der Waals surface area (Å²) >= 11 is 7.20. The number of rotatable bonds is 5. The van der Waals surface area contributed by atoms with Crippen LogP contribution in [0.15, 0.2) is 36.4 Å². The Kier molecular flexibility index (Phi) is 5.00. The van der Waals surface area contributed by atoms with Crippen molar-refractivity contribution in [3.63, 3.8) is 0 Å². The Morgan fingerprint density at radius 3 is 2.76 bits per heavy atom. The molecule has 1 amide bonds. The summed E-state index contributed by atoms with van der Waals surface area (Å²) in [5.74, 6) is -0.570. The maximum atomic E-state index is 12.3. The van der Waals surface area contributed by atoms with Crippen molar-refractivity contribution >= 4 is 44.2 Å². The molecule has 0 aliphatic rings. The molecule has 0 saturated heterocycles. The molecule has 0 fully saturated rings. The maximum absolute atomic E-state index is 12.3. The van der Waals surface area contributed by atoms with Crippen molar-refractivity contribution in [3.8, 4) is 11.5 Å². The summed E-state index contributed by atoms with van der Waals surface area (Å²) in [5, 5.41) is 3.63. The summed E-state index contributed by atoms with van der Waals surface area (Å²) < 4.78 is 34.8. The second kappa shape index (κ2) is 7.20. The molecule has 1 aromatic heterocycles. The highest BCUT2D eigenvalue weighted by molar-refractivity contribution is 7.22. The van der Waals surface area contributed by atoms with E-state index < -0.39 is 12.5 Å². The lowest BCUT2D eigenvalue weighted by Crippen LogP contribution is -2.12. The molecule has 0 spiro atoms. The number of thiazole rings is 1. The Hall–Kier alpha value is -2.45. The topological polar surface area (TPSA) is 60.5 Å². The van der Waals surface area contributed by atoms with E-state index in [1.54, 1.807) is 18.2 Å². The highest BCUT2D eigenvalue weighted by Gasteiger charge is 2.15. The lowest BCUT2D eigenvalue weighted by atomic mass is 10.2. The van der Waals surface area contributed by atoms with Gasteiger partial charge in [0.2, 0.25) is 0 Å². The van der Waals surface area contributed by atoms with Crippen LogP contribution >= 0.6 is 22.9 Å². The molecule has 25 heavy (non-hydrogen) atoms. The fourth-order valence-corrected chi connectivity index (χ4v) is 3.26. The van der Waals surface area contributed by atoms with Crippen molar-refractivity contribution in [2.45, 2.75) is 6.61 Å². The molecule has 130 valence electrons. The van der Waals surface area contributed by atoms with Gasteiger partial charge in [-0.15, -0.1) is 0 Å². The second-order valence-corrected chi connectivity index (χ2v) is 6.30. The largest absolute Gasteiger partial charge is 0.493 e. The van der Waals surface area contributed by atoms with Gasteiger partial charge >= 0.3 is 6.61 Å². The van der Waals surface area contributed by atoms with Crippen LogP contribution in [0.25, 0.3) is 10.2 Å². The van der Waals surface area contributed by atoms with E-state index in [9.17, 15) is 13.6 Å². The van der Waals surface area contributed by atoms with Gasteiger partial charge < -0.3 is 9.47 Å². The number of ether oxygens (including phenoxy) is 2. The van der Waals surface area contributed by atoms with Crippen LogP contribution in [-0.2, 0) is 0 Å². The van der Waals surface area contributed by atoms with Gasteiger partial charge in [0.15, 0.2) is 16.6 Å². The van der Waals surface area contributed by atoms with Crippen molar-refractivity contribution in [3.05, 3.63) is 47.0 Å². The predicted molar refractivity (Wildman–Crippen MR) is 92.2 cm³/mol. The Labute approximate surface area is 150 Å². The van der Waals surface area contributed by atoms with Crippen LogP contribution in [0.3, 0.4) is 0 Å². The first kappa shape index (κ1) is 17.4. The van der Waals surface area contributed by atoms with Gasteiger partial charge in [0.25, 0.3) is 5.91 Å². The maximum Gasteiger partial charge on any atom is 0.387 e. The lowest BCUT2D eigenvalue weighted by molar-refractivity contribution is -0.0512. The van der Waals surface area contributed by atoms with Gasteiger partial charge in [-0.25, -0.2) is 4.98 Å². The zero-order valence-electron chi connectivity index (χ0n) is 12.8. The van der Waals surface area contributed by atoms with Gasteiger partial charge in [-0.05, 0) is 36.4 Å². The molecule has 0 aliphatic carbocycles. The minimum absolute atomic E-state index is 0.0315. The summed E-state index contributed by atoms with van der Waals surface area (Å²) in [6.07, 6.45) is 0. The standard InChI is InChI=1S/C16H11ClF2N2O3S/c1-23-12-6-8(2-5-11(12)24-15(18)19)14(22)21-16-20-10-4-3-9(17)7-13(10)25-16/h2-7,15H,1H3,(H,20,21,22). The number of anilines is 1.